The van der Waals surface area contributed by atoms with E-state index < -0.39 is 17.7 Å². The van der Waals surface area contributed by atoms with Crippen molar-refractivity contribution >= 4 is 67.3 Å². The summed E-state index contributed by atoms with van der Waals surface area (Å²) >= 11 is 13.6. The first-order valence-corrected chi connectivity index (χ1v) is 11.6. The second-order valence-corrected chi connectivity index (χ2v) is 9.58. The van der Waals surface area contributed by atoms with E-state index in [0.717, 1.165) is 10.3 Å². The normalized spacial score (nSPS) is 17.8. The van der Waals surface area contributed by atoms with E-state index in [2.05, 4.69) is 4.98 Å². The topological polar surface area (TPSA) is 70.5 Å². The van der Waals surface area contributed by atoms with Gasteiger partial charge in [0, 0.05) is 15.6 Å². The van der Waals surface area contributed by atoms with E-state index in [1.807, 2.05) is 19.1 Å². The number of halogens is 2. The summed E-state index contributed by atoms with van der Waals surface area (Å²) in [6.07, 6.45) is 0. The first-order chi connectivity index (χ1) is 15.8. The number of aromatic nitrogens is 1. The van der Waals surface area contributed by atoms with Gasteiger partial charge in [0.25, 0.3) is 5.78 Å². The molecule has 1 saturated heterocycles. The van der Waals surface area contributed by atoms with Crippen LogP contribution in [0.4, 0.5) is 5.13 Å². The van der Waals surface area contributed by atoms with Crippen molar-refractivity contribution in [3.05, 3.63) is 99.0 Å². The summed E-state index contributed by atoms with van der Waals surface area (Å²) < 4.78 is 0.780. The highest BCUT2D eigenvalue weighted by Crippen LogP contribution is 2.44. The first kappa shape index (κ1) is 21.6. The lowest BCUT2D eigenvalue weighted by molar-refractivity contribution is -0.132. The van der Waals surface area contributed by atoms with Gasteiger partial charge in [-0.2, -0.15) is 0 Å². The van der Waals surface area contributed by atoms with Crippen molar-refractivity contribution in [2.75, 3.05) is 4.90 Å². The number of benzene rings is 3. The van der Waals surface area contributed by atoms with Gasteiger partial charge in [0.2, 0.25) is 0 Å². The molecule has 4 aromatic rings. The number of rotatable bonds is 3. The molecular weight excluding hydrogens is 479 g/mol. The average Bonchev–Trinajstić information content (AvgIpc) is 3.32. The van der Waals surface area contributed by atoms with E-state index in [4.69, 9.17) is 23.2 Å². The lowest BCUT2D eigenvalue weighted by Gasteiger charge is -2.23. The van der Waals surface area contributed by atoms with E-state index in [-0.39, 0.29) is 11.3 Å². The van der Waals surface area contributed by atoms with Gasteiger partial charge in [-0.05, 0) is 42.8 Å². The van der Waals surface area contributed by atoms with Crippen LogP contribution in [0.25, 0.3) is 16.0 Å². The number of aliphatic hydroxyl groups excluding tert-OH is 1. The van der Waals surface area contributed by atoms with Gasteiger partial charge < -0.3 is 5.11 Å². The van der Waals surface area contributed by atoms with Crippen LogP contribution in [0, 0.1) is 6.92 Å². The van der Waals surface area contributed by atoms with Gasteiger partial charge in [0.15, 0.2) is 5.13 Å². The Morgan fingerprint density at radius 1 is 1.00 bits per heavy atom. The molecule has 0 aliphatic carbocycles. The second kappa shape index (κ2) is 8.30. The van der Waals surface area contributed by atoms with Gasteiger partial charge in [-0.3, -0.25) is 14.5 Å². The molecule has 5 nitrogen and oxygen atoms in total. The Bertz CT molecular complexity index is 1460. The molecule has 1 aromatic heterocycles. The molecule has 1 aliphatic heterocycles. The maximum atomic E-state index is 13.3. The number of Topliss-reactive ketones (excluding diaryl/α,β-unsaturated/α-hetero) is 1. The van der Waals surface area contributed by atoms with Gasteiger partial charge in [-0.15, -0.1) is 0 Å². The Hall–Kier alpha value is -3.19. The number of hydrogen-bond acceptors (Lipinski definition) is 5. The quantitative estimate of drug-likeness (QED) is 0.199. The summed E-state index contributed by atoms with van der Waals surface area (Å²) in [5, 5.41) is 12.5. The van der Waals surface area contributed by atoms with Crippen LogP contribution in [0.1, 0.15) is 22.7 Å². The van der Waals surface area contributed by atoms with Crippen LogP contribution < -0.4 is 4.90 Å². The molecule has 1 fully saturated rings. The molecule has 0 spiro atoms. The fraction of sp³-hybridized carbons (Fsp3) is 0.0800. The maximum Gasteiger partial charge on any atom is 0.301 e. The molecule has 33 heavy (non-hydrogen) atoms. The summed E-state index contributed by atoms with van der Waals surface area (Å²) in [6.45, 7) is 1.92. The summed E-state index contributed by atoms with van der Waals surface area (Å²) in [4.78, 5) is 32.4. The number of nitrogens with zero attached hydrogens (tertiary/aromatic N) is 2. The fourth-order valence-corrected chi connectivity index (χ4v) is 5.35. The van der Waals surface area contributed by atoms with Gasteiger partial charge in [-0.25, -0.2) is 4.98 Å². The summed E-state index contributed by atoms with van der Waals surface area (Å²) in [6, 6.07) is 18.3. The highest BCUT2D eigenvalue weighted by Gasteiger charge is 2.48. The number of carbonyl (C=O) groups is 2. The second-order valence-electron chi connectivity index (χ2n) is 7.70. The summed E-state index contributed by atoms with van der Waals surface area (Å²) in [5.74, 6) is -1.79. The molecule has 3 aromatic carbocycles. The number of amides is 1. The van der Waals surface area contributed by atoms with E-state index in [9.17, 15) is 14.7 Å². The van der Waals surface area contributed by atoms with Crippen molar-refractivity contribution in [2.24, 2.45) is 0 Å². The third kappa shape index (κ3) is 3.80. The Morgan fingerprint density at radius 3 is 2.45 bits per heavy atom. The smallest absolute Gasteiger partial charge is 0.301 e. The SMILES string of the molecule is Cc1ccc(C(O)=C2C(=O)C(=O)N(c3nc4ccc(Cl)cc4s3)C2c2cccc(Cl)c2)cc1. The monoisotopic (exact) mass is 494 g/mol. The average molecular weight is 495 g/mol. The minimum Gasteiger partial charge on any atom is -0.507 e. The summed E-state index contributed by atoms with van der Waals surface area (Å²) in [7, 11) is 0. The Labute approximate surface area is 203 Å². The predicted molar refractivity (Wildman–Crippen MR) is 132 cm³/mol. The van der Waals surface area contributed by atoms with Crippen molar-refractivity contribution in [2.45, 2.75) is 13.0 Å². The van der Waals surface area contributed by atoms with E-state index in [1.54, 1.807) is 54.6 Å². The van der Waals surface area contributed by atoms with Gasteiger partial charge >= 0.3 is 5.91 Å². The molecule has 1 aliphatic rings. The van der Waals surface area contributed by atoms with Gasteiger partial charge in [0.05, 0.1) is 21.8 Å². The van der Waals surface area contributed by atoms with Crippen molar-refractivity contribution in [1.82, 2.24) is 4.98 Å². The van der Waals surface area contributed by atoms with Gasteiger partial charge in [0.1, 0.15) is 5.76 Å². The molecule has 1 amide bonds. The highest BCUT2D eigenvalue weighted by atomic mass is 35.5. The molecule has 2 heterocycles. The van der Waals surface area contributed by atoms with Crippen LogP contribution in [-0.4, -0.2) is 21.8 Å². The van der Waals surface area contributed by atoms with E-state index >= 15 is 0 Å². The van der Waals surface area contributed by atoms with Crippen LogP contribution in [-0.2, 0) is 9.59 Å². The third-order valence-electron chi connectivity index (χ3n) is 5.48. The predicted octanol–water partition coefficient (Wildman–Crippen LogP) is 6.54. The molecule has 0 radical (unpaired) electrons. The van der Waals surface area contributed by atoms with E-state index in [1.165, 1.54) is 16.2 Å². The minimum atomic E-state index is -0.888. The van der Waals surface area contributed by atoms with Crippen molar-refractivity contribution < 1.29 is 14.7 Å². The van der Waals surface area contributed by atoms with Crippen molar-refractivity contribution in [3.8, 4) is 0 Å². The zero-order valence-corrected chi connectivity index (χ0v) is 19.6. The number of aliphatic hydroxyl groups is 1. The van der Waals surface area contributed by atoms with Crippen LogP contribution >= 0.6 is 34.5 Å². The fourth-order valence-electron chi connectivity index (χ4n) is 3.88. The van der Waals surface area contributed by atoms with Crippen LogP contribution in [0.2, 0.25) is 10.0 Å². The van der Waals surface area contributed by atoms with Crippen LogP contribution in [0.15, 0.2) is 72.3 Å². The molecule has 0 saturated carbocycles. The highest BCUT2D eigenvalue weighted by molar-refractivity contribution is 7.22. The minimum absolute atomic E-state index is 0.0107. The Balaban J connectivity index is 1.74. The van der Waals surface area contributed by atoms with Crippen molar-refractivity contribution in [1.29, 1.82) is 0 Å². The molecule has 8 heteroatoms. The standard InChI is InChI=1S/C25H16Cl2N2O3S/c1-13-5-7-14(8-6-13)22(30)20-21(15-3-2-4-16(26)11-15)29(24(32)23(20)31)25-28-18-10-9-17(27)12-19(18)33-25/h2-12,21,30H,1H3. The number of hydrogen-bond donors (Lipinski definition) is 1. The molecule has 5 rings (SSSR count). The van der Waals surface area contributed by atoms with E-state index in [0.29, 0.717) is 31.8 Å². The summed E-state index contributed by atoms with van der Waals surface area (Å²) in [5.41, 5.74) is 2.69. The molecule has 1 N–H and O–H groups in total. The van der Waals surface area contributed by atoms with Crippen LogP contribution in [0.5, 0.6) is 0 Å². The first-order valence-electron chi connectivity index (χ1n) is 10.0. The lowest BCUT2D eigenvalue weighted by Crippen LogP contribution is -2.29. The van der Waals surface area contributed by atoms with Gasteiger partial charge in [-0.1, -0.05) is 76.5 Å². The molecule has 1 atom stereocenters. The number of anilines is 1. The Kier molecular flexibility index (Phi) is 5.44. The van der Waals surface area contributed by atoms with Crippen LogP contribution in [0.3, 0.4) is 0 Å². The number of aryl methyl sites for hydroxylation is 1. The zero-order chi connectivity index (χ0) is 23.3. The Morgan fingerprint density at radius 2 is 1.73 bits per heavy atom. The maximum absolute atomic E-state index is 13.3. The molecule has 1 unspecified atom stereocenters. The number of carbonyl (C=O) groups excluding carboxylic acids is 2. The number of fused-ring (bicyclic) bond motifs is 1. The largest absolute Gasteiger partial charge is 0.507 e. The number of ketones is 1. The molecule has 0 bridgehead atoms. The zero-order valence-electron chi connectivity index (χ0n) is 17.3. The lowest BCUT2D eigenvalue weighted by atomic mass is 9.95. The third-order valence-corrected chi connectivity index (χ3v) is 6.97. The molecule has 164 valence electrons. The molecular formula is C25H16Cl2N2O3S. The van der Waals surface area contributed by atoms with Crippen molar-refractivity contribution in [3.63, 3.8) is 0 Å². The number of thiazole rings is 1.